The van der Waals surface area contributed by atoms with Crippen LogP contribution in [0.5, 0.6) is 11.5 Å². The van der Waals surface area contributed by atoms with E-state index in [9.17, 15) is 14.9 Å². The zero-order valence-corrected chi connectivity index (χ0v) is 24.3. The van der Waals surface area contributed by atoms with Crippen molar-refractivity contribution in [1.29, 1.82) is 5.26 Å². The zero-order valence-electron chi connectivity index (χ0n) is 24.3. The Morgan fingerprint density at radius 1 is 1.18 bits per heavy atom. The van der Waals surface area contributed by atoms with Gasteiger partial charge in [-0.15, -0.1) is 0 Å². The highest BCUT2D eigenvalue weighted by molar-refractivity contribution is 5.97. The lowest BCUT2D eigenvalue weighted by molar-refractivity contribution is -0.128. The summed E-state index contributed by atoms with van der Waals surface area (Å²) in [6.07, 6.45) is 5.75. The second-order valence-electron chi connectivity index (χ2n) is 10.2. The van der Waals surface area contributed by atoms with Crippen molar-refractivity contribution >= 4 is 5.91 Å². The summed E-state index contributed by atoms with van der Waals surface area (Å²) in [6, 6.07) is 6.30. The van der Waals surface area contributed by atoms with E-state index in [4.69, 9.17) is 9.47 Å². The molecule has 0 spiro atoms. The first-order valence-corrected chi connectivity index (χ1v) is 13.3. The lowest BCUT2D eigenvalue weighted by atomic mass is 9.96. The molecule has 1 saturated heterocycles. The molecule has 0 atom stereocenters. The number of carbonyl (C=O) groups excluding carboxylic acids is 1. The van der Waals surface area contributed by atoms with E-state index in [0.717, 1.165) is 52.2 Å². The first kappa shape index (κ1) is 29.7. The number of rotatable bonds is 9. The van der Waals surface area contributed by atoms with Gasteiger partial charge >= 0.3 is 0 Å². The quantitative estimate of drug-likeness (QED) is 0.268. The molecule has 0 radical (unpaired) electrons. The number of hydrogen-bond donors (Lipinski definition) is 0. The predicted octanol–water partition coefficient (Wildman–Crippen LogP) is 4.53. The molecule has 0 unspecified atom stereocenters. The minimum atomic E-state index is -0.226. The molecule has 208 valence electrons. The number of aromatic nitrogens is 1. The third-order valence-electron chi connectivity index (χ3n) is 7.79. The smallest absolute Gasteiger partial charge is 0.264 e. The van der Waals surface area contributed by atoms with E-state index in [1.54, 1.807) is 36.8 Å². The van der Waals surface area contributed by atoms with E-state index in [1.807, 2.05) is 45.2 Å². The van der Waals surface area contributed by atoms with Gasteiger partial charge in [-0.25, -0.2) is 0 Å². The molecule has 1 aromatic heterocycles. The maximum absolute atomic E-state index is 12.9. The van der Waals surface area contributed by atoms with Crippen LogP contribution in [0.15, 0.2) is 46.9 Å². The molecule has 8 nitrogen and oxygen atoms in total. The number of piperidine rings is 1. The number of likely N-dealkylation sites (tertiary alicyclic amines) is 1. The highest BCUT2D eigenvalue weighted by Gasteiger charge is 2.28. The summed E-state index contributed by atoms with van der Waals surface area (Å²) < 4.78 is 13.2. The topological polar surface area (TPSA) is 87.8 Å². The molecule has 1 amide bonds. The van der Waals surface area contributed by atoms with Crippen LogP contribution in [0.1, 0.15) is 42.9 Å². The lowest BCUT2D eigenvalue weighted by Crippen LogP contribution is -2.45. The Hall–Kier alpha value is -3.83. The molecule has 0 N–H and O–H groups in total. The molecular formula is C31H40N4O4. The van der Waals surface area contributed by atoms with Crippen LogP contribution in [0.25, 0.3) is 11.1 Å². The van der Waals surface area contributed by atoms with Crippen LogP contribution in [0, 0.1) is 25.2 Å². The van der Waals surface area contributed by atoms with Gasteiger partial charge in [0.2, 0.25) is 0 Å². The Labute approximate surface area is 231 Å². The molecule has 1 aromatic carbocycles. The van der Waals surface area contributed by atoms with E-state index >= 15 is 0 Å². The molecule has 0 saturated carbocycles. The van der Waals surface area contributed by atoms with Crippen LogP contribution in [0.4, 0.5) is 0 Å². The Balaban J connectivity index is 1.80. The van der Waals surface area contributed by atoms with Gasteiger partial charge in [-0.05, 0) is 69.5 Å². The van der Waals surface area contributed by atoms with Gasteiger partial charge in [0.25, 0.3) is 11.5 Å². The summed E-state index contributed by atoms with van der Waals surface area (Å²) in [5.41, 5.74) is 5.37. The summed E-state index contributed by atoms with van der Waals surface area (Å²) in [4.78, 5) is 29.3. The summed E-state index contributed by atoms with van der Waals surface area (Å²) in [7, 11) is 7.13. The second kappa shape index (κ2) is 12.8. The highest BCUT2D eigenvalue weighted by atomic mass is 16.5. The van der Waals surface area contributed by atoms with Crippen molar-refractivity contribution in [3.8, 4) is 28.7 Å². The van der Waals surface area contributed by atoms with Gasteiger partial charge in [-0.2, -0.15) is 5.26 Å². The number of methoxy groups -OCH3 is 2. The summed E-state index contributed by atoms with van der Waals surface area (Å²) >= 11 is 0. The normalized spacial score (nSPS) is 14.3. The fraction of sp³-hybridized carbons (Fsp3) is 0.452. The minimum Gasteiger partial charge on any atom is -0.496 e. The monoisotopic (exact) mass is 532 g/mol. The largest absolute Gasteiger partial charge is 0.496 e. The predicted molar refractivity (Wildman–Crippen MR) is 154 cm³/mol. The second-order valence-corrected chi connectivity index (χ2v) is 10.2. The Morgan fingerprint density at radius 2 is 1.77 bits per heavy atom. The molecule has 8 heteroatoms. The van der Waals surface area contributed by atoms with Crippen molar-refractivity contribution in [2.45, 2.75) is 52.6 Å². The van der Waals surface area contributed by atoms with Crippen molar-refractivity contribution in [3.63, 3.8) is 0 Å². The number of carbonyl (C=O) groups is 1. The van der Waals surface area contributed by atoms with Crippen LogP contribution in [-0.4, -0.2) is 60.7 Å². The Kier molecular flexibility index (Phi) is 9.76. The van der Waals surface area contributed by atoms with E-state index in [0.29, 0.717) is 31.6 Å². The van der Waals surface area contributed by atoms with Gasteiger partial charge in [-0.1, -0.05) is 19.1 Å². The number of hydrogen-bond acceptors (Lipinski definition) is 6. The van der Waals surface area contributed by atoms with Gasteiger partial charge in [0.1, 0.15) is 23.1 Å². The number of amides is 1. The highest BCUT2D eigenvalue weighted by Crippen LogP contribution is 2.37. The number of nitriles is 1. The molecule has 39 heavy (non-hydrogen) atoms. The van der Waals surface area contributed by atoms with Gasteiger partial charge in [0.15, 0.2) is 0 Å². The number of allylic oxidation sites excluding steroid dienone is 2. The van der Waals surface area contributed by atoms with Crippen LogP contribution < -0.4 is 15.0 Å². The fourth-order valence-electron chi connectivity index (χ4n) is 5.07. The number of benzene rings is 1. The number of nitrogens with zero attached hydrogens (tertiary/aromatic N) is 4. The lowest BCUT2D eigenvalue weighted by Gasteiger charge is -2.37. The van der Waals surface area contributed by atoms with E-state index in [-0.39, 0.29) is 23.1 Å². The maximum atomic E-state index is 12.9. The van der Waals surface area contributed by atoms with Crippen molar-refractivity contribution in [1.82, 2.24) is 14.4 Å². The third-order valence-corrected chi connectivity index (χ3v) is 7.79. The summed E-state index contributed by atoms with van der Waals surface area (Å²) in [5.74, 6) is 1.21. The average molecular weight is 533 g/mol. The fourth-order valence-corrected chi connectivity index (χ4v) is 5.07. The molecule has 2 heterocycles. The number of pyridine rings is 1. The SMILES string of the molecule is C=C(/C=C(\C#N)C(=O)N1CCC(N(C)Cc2c(OC)cc(-c3cn(C)c(=O)c(C)c3C)cc2OC)CC1)CC. The third kappa shape index (κ3) is 6.43. The molecule has 1 aliphatic heterocycles. The van der Waals surface area contributed by atoms with Gasteiger partial charge < -0.3 is 18.9 Å². The Bertz CT molecular complexity index is 1350. The van der Waals surface area contributed by atoms with Crippen molar-refractivity contribution in [2.24, 2.45) is 7.05 Å². The van der Waals surface area contributed by atoms with Crippen LogP contribution in [-0.2, 0) is 18.4 Å². The first-order chi connectivity index (χ1) is 18.6. The average Bonchev–Trinajstić information content (AvgIpc) is 2.96. The minimum absolute atomic E-state index is 0.00698. The van der Waals surface area contributed by atoms with Crippen molar-refractivity contribution < 1.29 is 14.3 Å². The summed E-state index contributed by atoms with van der Waals surface area (Å²) in [5, 5.41) is 9.47. The molecule has 1 aliphatic rings. The zero-order chi connectivity index (χ0) is 28.9. The molecule has 3 rings (SSSR count). The van der Waals surface area contributed by atoms with Crippen molar-refractivity contribution in [2.75, 3.05) is 34.4 Å². The van der Waals surface area contributed by atoms with E-state index in [2.05, 4.69) is 18.5 Å². The summed E-state index contributed by atoms with van der Waals surface area (Å²) in [6.45, 7) is 11.4. The first-order valence-electron chi connectivity index (χ1n) is 13.3. The Morgan fingerprint density at radius 3 is 2.28 bits per heavy atom. The van der Waals surface area contributed by atoms with Gasteiger partial charge in [0, 0.05) is 50.0 Å². The van der Waals surface area contributed by atoms with Gasteiger partial charge in [-0.3, -0.25) is 14.5 Å². The molecular weight excluding hydrogens is 492 g/mol. The molecule has 1 fully saturated rings. The van der Waals surface area contributed by atoms with E-state index < -0.39 is 0 Å². The standard InChI is InChI=1S/C31H40N4O4/c1-9-20(2)14-24(17-32)31(37)35-12-10-25(11-13-35)33(5)19-27-28(38-7)15-23(16-29(27)39-8)26-18-34(6)30(36)22(4)21(26)3/h14-16,18,25H,2,9-13,19H2,1,3-8H3/b24-14+. The van der Waals surface area contributed by atoms with Crippen molar-refractivity contribution in [3.05, 3.63) is 69.2 Å². The van der Waals surface area contributed by atoms with Crippen LogP contribution in [0.2, 0.25) is 0 Å². The van der Waals surface area contributed by atoms with Crippen LogP contribution >= 0.6 is 0 Å². The molecule has 2 aromatic rings. The van der Waals surface area contributed by atoms with Crippen LogP contribution in [0.3, 0.4) is 0 Å². The molecule has 0 bridgehead atoms. The maximum Gasteiger partial charge on any atom is 0.264 e. The number of ether oxygens (including phenoxy) is 2. The van der Waals surface area contributed by atoms with Gasteiger partial charge in [0.05, 0.1) is 19.8 Å². The molecule has 0 aliphatic carbocycles. The number of aryl methyl sites for hydroxylation is 1. The van der Waals surface area contributed by atoms with E-state index in [1.165, 1.54) is 0 Å².